The summed E-state index contributed by atoms with van der Waals surface area (Å²) in [5.41, 5.74) is 0. The molecule has 1 aliphatic rings. The van der Waals surface area contributed by atoms with Crippen LogP contribution in [0.5, 0.6) is 0 Å². The molecule has 2 atom stereocenters. The van der Waals surface area contributed by atoms with Crippen molar-refractivity contribution >= 4 is 5.78 Å². The molecule has 0 aliphatic heterocycles. The Morgan fingerprint density at radius 1 is 1.56 bits per heavy atom. The molecule has 1 fully saturated rings. The Morgan fingerprint density at radius 2 is 2.22 bits per heavy atom. The third-order valence-electron chi connectivity index (χ3n) is 1.81. The molecule has 0 saturated heterocycles. The Labute approximate surface area is 54.3 Å². The van der Waals surface area contributed by atoms with E-state index in [1.165, 1.54) is 0 Å². The number of alkyl halides is 1. The molecule has 0 aromatic rings. The molecule has 52 valence electrons. The SMILES string of the molecule is CC1CCC(F)C(=O)C1. The molecule has 1 rings (SSSR count). The normalized spacial score (nSPS) is 36.9. The Morgan fingerprint density at radius 3 is 2.67 bits per heavy atom. The van der Waals surface area contributed by atoms with Crippen molar-refractivity contribution < 1.29 is 9.18 Å². The van der Waals surface area contributed by atoms with Crippen LogP contribution in [0.4, 0.5) is 4.39 Å². The van der Waals surface area contributed by atoms with E-state index in [4.69, 9.17) is 0 Å². The van der Waals surface area contributed by atoms with Crippen LogP contribution in [0.25, 0.3) is 0 Å². The molecule has 1 nitrogen and oxygen atoms in total. The third-order valence-corrected chi connectivity index (χ3v) is 1.81. The second-order valence-electron chi connectivity index (χ2n) is 2.82. The predicted molar refractivity (Wildman–Crippen MR) is 32.9 cm³/mol. The lowest BCUT2D eigenvalue weighted by Crippen LogP contribution is -2.24. The van der Waals surface area contributed by atoms with Crippen molar-refractivity contribution in [1.29, 1.82) is 0 Å². The van der Waals surface area contributed by atoms with Crippen LogP contribution < -0.4 is 0 Å². The first-order chi connectivity index (χ1) is 4.20. The molecule has 0 aromatic carbocycles. The zero-order valence-electron chi connectivity index (χ0n) is 5.56. The maximum atomic E-state index is 12.4. The van der Waals surface area contributed by atoms with Crippen LogP contribution in [-0.4, -0.2) is 12.0 Å². The number of Topliss-reactive ketones (excluding diaryl/α,β-unsaturated/α-hetero) is 1. The maximum absolute atomic E-state index is 12.4. The van der Waals surface area contributed by atoms with Gasteiger partial charge >= 0.3 is 0 Å². The van der Waals surface area contributed by atoms with Gasteiger partial charge in [0.25, 0.3) is 0 Å². The molecule has 0 amide bonds. The molecular formula is C7H11FO. The van der Waals surface area contributed by atoms with Crippen molar-refractivity contribution in [2.24, 2.45) is 5.92 Å². The molecule has 0 bridgehead atoms. The third kappa shape index (κ3) is 1.50. The Hall–Kier alpha value is -0.400. The lowest BCUT2D eigenvalue weighted by Gasteiger charge is -2.18. The van der Waals surface area contributed by atoms with Crippen LogP contribution in [0, 0.1) is 5.92 Å². The van der Waals surface area contributed by atoms with E-state index >= 15 is 0 Å². The molecule has 9 heavy (non-hydrogen) atoms. The summed E-state index contributed by atoms with van der Waals surface area (Å²) in [7, 11) is 0. The summed E-state index contributed by atoms with van der Waals surface area (Å²) in [4.78, 5) is 10.6. The van der Waals surface area contributed by atoms with Gasteiger partial charge in [-0.2, -0.15) is 0 Å². The van der Waals surface area contributed by atoms with Crippen molar-refractivity contribution in [3.05, 3.63) is 0 Å². The van der Waals surface area contributed by atoms with Gasteiger partial charge < -0.3 is 0 Å². The zero-order chi connectivity index (χ0) is 6.85. The molecular weight excluding hydrogens is 119 g/mol. The molecule has 0 heterocycles. The van der Waals surface area contributed by atoms with Gasteiger partial charge in [-0.05, 0) is 18.8 Å². The maximum Gasteiger partial charge on any atom is 0.167 e. The number of hydrogen-bond donors (Lipinski definition) is 0. The van der Waals surface area contributed by atoms with Crippen molar-refractivity contribution in [3.63, 3.8) is 0 Å². The average molecular weight is 130 g/mol. The quantitative estimate of drug-likeness (QED) is 0.488. The first-order valence-electron chi connectivity index (χ1n) is 3.37. The largest absolute Gasteiger partial charge is 0.296 e. The summed E-state index contributed by atoms with van der Waals surface area (Å²) in [5, 5.41) is 0. The summed E-state index contributed by atoms with van der Waals surface area (Å²) in [6.45, 7) is 1.99. The molecule has 0 N–H and O–H groups in total. The average Bonchev–Trinajstić information content (AvgIpc) is 1.80. The summed E-state index contributed by atoms with van der Waals surface area (Å²) >= 11 is 0. The van der Waals surface area contributed by atoms with Gasteiger partial charge in [0.15, 0.2) is 12.0 Å². The van der Waals surface area contributed by atoms with E-state index in [0.717, 1.165) is 6.42 Å². The fraction of sp³-hybridized carbons (Fsp3) is 0.857. The topological polar surface area (TPSA) is 17.1 Å². The Bertz CT molecular complexity index is 122. The van der Waals surface area contributed by atoms with Gasteiger partial charge in [0, 0.05) is 6.42 Å². The minimum absolute atomic E-state index is 0.200. The molecule has 0 spiro atoms. The smallest absolute Gasteiger partial charge is 0.167 e. The molecule has 2 heteroatoms. The lowest BCUT2D eigenvalue weighted by molar-refractivity contribution is -0.126. The highest BCUT2D eigenvalue weighted by Gasteiger charge is 2.25. The van der Waals surface area contributed by atoms with Gasteiger partial charge in [-0.25, -0.2) is 4.39 Å². The summed E-state index contributed by atoms with van der Waals surface area (Å²) < 4.78 is 12.4. The Kier molecular flexibility index (Phi) is 1.84. The minimum atomic E-state index is -1.15. The van der Waals surface area contributed by atoms with E-state index in [2.05, 4.69) is 0 Å². The van der Waals surface area contributed by atoms with Gasteiger partial charge in [-0.15, -0.1) is 0 Å². The predicted octanol–water partition coefficient (Wildman–Crippen LogP) is 1.71. The fourth-order valence-corrected chi connectivity index (χ4v) is 1.17. The van der Waals surface area contributed by atoms with Crippen LogP contribution in [0.15, 0.2) is 0 Å². The van der Waals surface area contributed by atoms with E-state index in [1.54, 1.807) is 0 Å². The lowest BCUT2D eigenvalue weighted by atomic mass is 9.89. The van der Waals surface area contributed by atoms with Gasteiger partial charge in [0.2, 0.25) is 0 Å². The molecule has 2 unspecified atom stereocenters. The monoisotopic (exact) mass is 130 g/mol. The van der Waals surface area contributed by atoms with Crippen LogP contribution in [0.2, 0.25) is 0 Å². The van der Waals surface area contributed by atoms with E-state index in [9.17, 15) is 9.18 Å². The highest BCUT2D eigenvalue weighted by Crippen LogP contribution is 2.22. The number of rotatable bonds is 0. The summed E-state index contributed by atoms with van der Waals surface area (Å²) in [6, 6.07) is 0. The van der Waals surface area contributed by atoms with Crippen LogP contribution >= 0.6 is 0 Å². The van der Waals surface area contributed by atoms with Crippen molar-refractivity contribution in [2.45, 2.75) is 32.4 Å². The second-order valence-corrected chi connectivity index (χ2v) is 2.82. The van der Waals surface area contributed by atoms with Crippen molar-refractivity contribution in [1.82, 2.24) is 0 Å². The molecule has 0 aromatic heterocycles. The highest BCUT2D eigenvalue weighted by molar-refractivity contribution is 5.83. The fourth-order valence-electron chi connectivity index (χ4n) is 1.17. The van der Waals surface area contributed by atoms with Gasteiger partial charge in [0.05, 0.1) is 0 Å². The summed E-state index contributed by atoms with van der Waals surface area (Å²) in [5.74, 6) is 0.207. The first-order valence-corrected chi connectivity index (χ1v) is 3.37. The van der Waals surface area contributed by atoms with E-state index in [0.29, 0.717) is 18.8 Å². The van der Waals surface area contributed by atoms with Crippen LogP contribution in [-0.2, 0) is 4.79 Å². The van der Waals surface area contributed by atoms with E-state index in [-0.39, 0.29) is 5.78 Å². The summed E-state index contributed by atoms with van der Waals surface area (Å²) in [6.07, 6.45) is 0.606. The minimum Gasteiger partial charge on any atom is -0.296 e. The number of hydrogen-bond acceptors (Lipinski definition) is 1. The standard InChI is InChI=1S/C7H11FO/c1-5-2-3-6(8)7(9)4-5/h5-6H,2-4H2,1H3. The van der Waals surface area contributed by atoms with Crippen molar-refractivity contribution in [3.8, 4) is 0 Å². The number of carbonyl (C=O) groups is 1. The van der Waals surface area contributed by atoms with Gasteiger partial charge in [-0.1, -0.05) is 6.92 Å². The van der Waals surface area contributed by atoms with Gasteiger partial charge in [-0.3, -0.25) is 4.79 Å². The van der Waals surface area contributed by atoms with E-state index < -0.39 is 6.17 Å². The van der Waals surface area contributed by atoms with Gasteiger partial charge in [0.1, 0.15) is 0 Å². The zero-order valence-corrected chi connectivity index (χ0v) is 5.56. The number of carbonyl (C=O) groups excluding carboxylic acids is 1. The molecule has 0 radical (unpaired) electrons. The first kappa shape index (κ1) is 6.72. The number of ketones is 1. The molecule has 1 aliphatic carbocycles. The second kappa shape index (κ2) is 2.46. The molecule has 1 saturated carbocycles. The van der Waals surface area contributed by atoms with Crippen LogP contribution in [0.3, 0.4) is 0 Å². The Balaban J connectivity index is 2.44. The number of halogens is 1. The van der Waals surface area contributed by atoms with E-state index in [1.807, 2.05) is 6.92 Å². The van der Waals surface area contributed by atoms with Crippen molar-refractivity contribution in [2.75, 3.05) is 0 Å². The highest BCUT2D eigenvalue weighted by atomic mass is 19.1. The van der Waals surface area contributed by atoms with Crippen LogP contribution in [0.1, 0.15) is 26.2 Å².